The lowest BCUT2D eigenvalue weighted by molar-refractivity contribution is -0.145. The number of H-pyrrole nitrogens is 1. The standard InChI is InChI=1S/C21H22N2O5/c1-12(2)19(23-20(25)17-9-6-10-27-17)21(26)28-11-16(24)18-13(3)22-15-8-5-4-7-14(15)18/h4-10,12,19,22H,11H2,1-3H3,(H,23,25)/t19-/m0/s1. The Morgan fingerprint density at radius 2 is 1.89 bits per heavy atom. The first-order valence-corrected chi connectivity index (χ1v) is 9.00. The van der Waals surface area contributed by atoms with Gasteiger partial charge in [0.1, 0.15) is 6.04 Å². The van der Waals surface area contributed by atoms with Gasteiger partial charge in [-0.2, -0.15) is 0 Å². The van der Waals surface area contributed by atoms with E-state index in [1.807, 2.05) is 24.3 Å². The van der Waals surface area contributed by atoms with Gasteiger partial charge >= 0.3 is 5.97 Å². The number of hydrogen-bond donors (Lipinski definition) is 2. The number of amides is 1. The summed E-state index contributed by atoms with van der Waals surface area (Å²) in [6.45, 7) is 4.96. The zero-order chi connectivity index (χ0) is 20.3. The molecule has 0 radical (unpaired) electrons. The number of aryl methyl sites for hydroxylation is 1. The van der Waals surface area contributed by atoms with Gasteiger partial charge in [-0.3, -0.25) is 9.59 Å². The maximum atomic E-state index is 12.6. The van der Waals surface area contributed by atoms with Gasteiger partial charge < -0.3 is 19.5 Å². The number of carbonyl (C=O) groups excluding carboxylic acids is 3. The molecule has 2 aromatic heterocycles. The molecule has 0 aliphatic carbocycles. The maximum absolute atomic E-state index is 12.6. The van der Waals surface area contributed by atoms with Crippen molar-refractivity contribution >= 4 is 28.6 Å². The van der Waals surface area contributed by atoms with Crippen LogP contribution in [0.5, 0.6) is 0 Å². The lowest BCUT2D eigenvalue weighted by atomic mass is 10.0. The van der Waals surface area contributed by atoms with E-state index in [-0.39, 0.29) is 17.5 Å². The minimum absolute atomic E-state index is 0.101. The number of furan rings is 1. The Kier molecular flexibility index (Phi) is 5.63. The molecule has 1 aromatic carbocycles. The number of esters is 1. The Morgan fingerprint density at radius 3 is 2.57 bits per heavy atom. The largest absolute Gasteiger partial charge is 0.459 e. The zero-order valence-corrected chi connectivity index (χ0v) is 15.9. The first-order chi connectivity index (χ1) is 13.4. The molecule has 0 aliphatic heterocycles. The summed E-state index contributed by atoms with van der Waals surface area (Å²) in [5.74, 6) is -1.61. The van der Waals surface area contributed by atoms with Crippen LogP contribution < -0.4 is 5.32 Å². The number of hydrogen-bond acceptors (Lipinski definition) is 5. The normalized spacial score (nSPS) is 12.1. The molecule has 1 amide bonds. The van der Waals surface area contributed by atoms with Crippen LogP contribution in [-0.4, -0.2) is 35.3 Å². The van der Waals surface area contributed by atoms with E-state index in [2.05, 4.69) is 10.3 Å². The average molecular weight is 382 g/mol. The smallest absolute Gasteiger partial charge is 0.329 e. The monoisotopic (exact) mass is 382 g/mol. The first-order valence-electron chi connectivity index (χ1n) is 9.00. The molecule has 0 spiro atoms. The summed E-state index contributed by atoms with van der Waals surface area (Å²) in [7, 11) is 0. The fraction of sp³-hybridized carbons (Fsp3) is 0.286. The molecular weight excluding hydrogens is 360 g/mol. The number of carbonyl (C=O) groups is 3. The molecule has 7 heteroatoms. The van der Waals surface area contributed by atoms with Gasteiger partial charge in [0, 0.05) is 22.2 Å². The Labute approximate surface area is 162 Å². The van der Waals surface area contributed by atoms with Crippen LogP contribution >= 0.6 is 0 Å². The van der Waals surface area contributed by atoms with Gasteiger partial charge in [-0.1, -0.05) is 32.0 Å². The number of fused-ring (bicyclic) bond motifs is 1. The topological polar surface area (TPSA) is 101 Å². The third-order valence-corrected chi connectivity index (χ3v) is 4.47. The molecule has 3 rings (SSSR count). The zero-order valence-electron chi connectivity index (χ0n) is 15.9. The van der Waals surface area contributed by atoms with Crippen molar-refractivity contribution in [1.82, 2.24) is 10.3 Å². The van der Waals surface area contributed by atoms with Gasteiger partial charge in [0.15, 0.2) is 12.4 Å². The number of Topliss-reactive ketones (excluding diaryl/α,β-unsaturated/α-hetero) is 1. The van der Waals surface area contributed by atoms with Crippen LogP contribution in [0.2, 0.25) is 0 Å². The number of aromatic nitrogens is 1. The highest BCUT2D eigenvalue weighted by molar-refractivity contribution is 6.10. The number of ketones is 1. The molecule has 146 valence electrons. The molecule has 0 unspecified atom stereocenters. The minimum atomic E-state index is -0.894. The van der Waals surface area contributed by atoms with Crippen molar-refractivity contribution in [3.05, 3.63) is 59.7 Å². The van der Waals surface area contributed by atoms with Crippen LogP contribution in [0.25, 0.3) is 10.9 Å². The molecule has 3 aromatic rings. The van der Waals surface area contributed by atoms with E-state index in [1.165, 1.54) is 12.3 Å². The molecular formula is C21H22N2O5. The van der Waals surface area contributed by atoms with Crippen LogP contribution in [0.3, 0.4) is 0 Å². The fourth-order valence-corrected chi connectivity index (χ4v) is 3.05. The van der Waals surface area contributed by atoms with Crippen molar-refractivity contribution in [3.63, 3.8) is 0 Å². The number of rotatable bonds is 7. The van der Waals surface area contributed by atoms with Crippen LogP contribution in [0, 0.1) is 12.8 Å². The van der Waals surface area contributed by atoms with Gasteiger partial charge in [0.2, 0.25) is 5.78 Å². The van der Waals surface area contributed by atoms with Crippen LogP contribution in [0.1, 0.15) is 40.5 Å². The molecule has 2 heterocycles. The number of aromatic amines is 1. The van der Waals surface area contributed by atoms with Crippen molar-refractivity contribution in [1.29, 1.82) is 0 Å². The summed E-state index contributed by atoms with van der Waals surface area (Å²) >= 11 is 0. The molecule has 0 bridgehead atoms. The molecule has 28 heavy (non-hydrogen) atoms. The molecule has 0 aliphatic rings. The lowest BCUT2D eigenvalue weighted by Crippen LogP contribution is -2.45. The van der Waals surface area contributed by atoms with Gasteiger partial charge in [-0.25, -0.2) is 4.79 Å². The number of nitrogens with one attached hydrogen (secondary N) is 2. The third kappa shape index (κ3) is 3.98. The van der Waals surface area contributed by atoms with E-state index in [9.17, 15) is 14.4 Å². The summed E-state index contributed by atoms with van der Waals surface area (Å²) in [5.41, 5.74) is 2.07. The number of ether oxygens (including phenoxy) is 1. The van der Waals surface area contributed by atoms with E-state index in [0.717, 1.165) is 10.9 Å². The summed E-state index contributed by atoms with van der Waals surface area (Å²) in [6, 6.07) is 9.63. The second-order valence-electron chi connectivity index (χ2n) is 6.87. The van der Waals surface area contributed by atoms with E-state index in [4.69, 9.17) is 9.15 Å². The van der Waals surface area contributed by atoms with Crippen molar-refractivity contribution in [2.24, 2.45) is 5.92 Å². The second-order valence-corrected chi connectivity index (χ2v) is 6.87. The summed E-state index contributed by atoms with van der Waals surface area (Å²) in [6.07, 6.45) is 1.37. The Balaban J connectivity index is 1.67. The SMILES string of the molecule is Cc1[nH]c2ccccc2c1C(=O)COC(=O)[C@@H](NC(=O)c1ccco1)C(C)C. The van der Waals surface area contributed by atoms with Crippen molar-refractivity contribution in [2.75, 3.05) is 6.61 Å². The predicted molar refractivity (Wildman–Crippen MR) is 103 cm³/mol. The van der Waals surface area contributed by atoms with Crippen LogP contribution in [0.15, 0.2) is 47.1 Å². The maximum Gasteiger partial charge on any atom is 0.329 e. The van der Waals surface area contributed by atoms with Gasteiger partial charge in [-0.15, -0.1) is 0 Å². The fourth-order valence-electron chi connectivity index (χ4n) is 3.05. The highest BCUT2D eigenvalue weighted by Gasteiger charge is 2.28. The number of benzene rings is 1. The molecule has 2 N–H and O–H groups in total. The second kappa shape index (κ2) is 8.12. The van der Waals surface area contributed by atoms with Crippen molar-refractivity contribution in [3.8, 4) is 0 Å². The molecule has 0 fully saturated rings. The molecule has 0 saturated heterocycles. The summed E-state index contributed by atoms with van der Waals surface area (Å²) in [4.78, 5) is 40.4. The average Bonchev–Trinajstić information content (AvgIpc) is 3.30. The Morgan fingerprint density at radius 1 is 1.14 bits per heavy atom. The van der Waals surface area contributed by atoms with E-state index >= 15 is 0 Å². The first kappa shape index (κ1) is 19.4. The van der Waals surface area contributed by atoms with Gasteiger partial charge in [-0.05, 0) is 31.0 Å². The predicted octanol–water partition coefficient (Wildman–Crippen LogP) is 3.25. The minimum Gasteiger partial charge on any atom is -0.459 e. The van der Waals surface area contributed by atoms with Crippen LogP contribution in [0.4, 0.5) is 0 Å². The molecule has 7 nitrogen and oxygen atoms in total. The summed E-state index contributed by atoms with van der Waals surface area (Å²) < 4.78 is 10.3. The summed E-state index contributed by atoms with van der Waals surface area (Å²) in [5, 5.41) is 3.38. The molecule has 1 atom stereocenters. The molecule has 0 saturated carbocycles. The quantitative estimate of drug-likeness (QED) is 0.482. The van der Waals surface area contributed by atoms with Crippen LogP contribution in [-0.2, 0) is 9.53 Å². The highest BCUT2D eigenvalue weighted by Crippen LogP contribution is 2.22. The third-order valence-electron chi connectivity index (χ3n) is 4.47. The lowest BCUT2D eigenvalue weighted by Gasteiger charge is -2.20. The van der Waals surface area contributed by atoms with Gasteiger partial charge in [0.25, 0.3) is 5.91 Å². The van der Waals surface area contributed by atoms with E-state index in [0.29, 0.717) is 11.3 Å². The Bertz CT molecular complexity index is 1000. The Hall–Kier alpha value is -3.35. The van der Waals surface area contributed by atoms with Crippen molar-refractivity contribution in [2.45, 2.75) is 26.8 Å². The van der Waals surface area contributed by atoms with Gasteiger partial charge in [0.05, 0.1) is 6.26 Å². The van der Waals surface area contributed by atoms with E-state index in [1.54, 1.807) is 26.8 Å². The number of para-hydroxylation sites is 1. The van der Waals surface area contributed by atoms with Crippen molar-refractivity contribution < 1.29 is 23.5 Å². The van der Waals surface area contributed by atoms with E-state index < -0.39 is 24.5 Å². The highest BCUT2D eigenvalue weighted by atomic mass is 16.5.